The lowest BCUT2D eigenvalue weighted by atomic mass is 10.2. The average Bonchev–Trinajstić information content (AvgIpc) is 3.11. The van der Waals surface area contributed by atoms with Crippen LogP contribution in [-0.4, -0.2) is 38.9 Å². The molecule has 7 heteroatoms. The van der Waals surface area contributed by atoms with E-state index in [4.69, 9.17) is 4.74 Å². The van der Waals surface area contributed by atoms with Crippen molar-refractivity contribution in [1.29, 1.82) is 0 Å². The molecule has 0 aliphatic carbocycles. The van der Waals surface area contributed by atoms with Crippen molar-refractivity contribution in [1.82, 2.24) is 24.6 Å². The fraction of sp³-hybridized carbons (Fsp3) is 0.312. The Morgan fingerprint density at radius 3 is 2.83 bits per heavy atom. The summed E-state index contributed by atoms with van der Waals surface area (Å²) in [6, 6.07) is 7.63. The van der Waals surface area contributed by atoms with Crippen molar-refractivity contribution in [2.24, 2.45) is 14.1 Å². The number of carbonyl (C=O) groups excluding carboxylic acids is 1. The molecule has 0 spiro atoms. The van der Waals surface area contributed by atoms with Gasteiger partial charge in [0.25, 0.3) is 5.91 Å². The van der Waals surface area contributed by atoms with Crippen LogP contribution in [0.2, 0.25) is 0 Å². The summed E-state index contributed by atoms with van der Waals surface area (Å²) in [6.07, 6.45) is 2.15. The van der Waals surface area contributed by atoms with E-state index in [1.54, 1.807) is 11.8 Å². The smallest absolute Gasteiger partial charge is 0.267 e. The first kappa shape index (κ1) is 15.1. The second-order valence-corrected chi connectivity index (χ2v) is 5.32. The van der Waals surface area contributed by atoms with Gasteiger partial charge in [0.15, 0.2) is 0 Å². The number of benzene rings is 1. The fourth-order valence-electron chi connectivity index (χ4n) is 2.60. The quantitative estimate of drug-likeness (QED) is 0.770. The third kappa shape index (κ3) is 2.90. The molecular formula is C16H19N5O2. The van der Waals surface area contributed by atoms with Gasteiger partial charge in [0.1, 0.15) is 23.6 Å². The van der Waals surface area contributed by atoms with E-state index in [2.05, 4.69) is 15.4 Å². The largest absolute Gasteiger partial charge is 0.497 e. The molecule has 1 amide bonds. The van der Waals surface area contributed by atoms with Crippen molar-refractivity contribution in [3.63, 3.8) is 0 Å². The van der Waals surface area contributed by atoms with E-state index in [1.165, 1.54) is 6.33 Å². The van der Waals surface area contributed by atoms with Gasteiger partial charge in [-0.15, -0.1) is 0 Å². The summed E-state index contributed by atoms with van der Waals surface area (Å²) < 4.78 is 8.81. The highest BCUT2D eigenvalue weighted by molar-refractivity contribution is 5.99. The van der Waals surface area contributed by atoms with Crippen LogP contribution in [0.4, 0.5) is 0 Å². The van der Waals surface area contributed by atoms with E-state index in [1.807, 2.05) is 42.9 Å². The van der Waals surface area contributed by atoms with Crippen LogP contribution in [0.15, 0.2) is 30.6 Å². The summed E-state index contributed by atoms with van der Waals surface area (Å²) in [5.74, 6) is 1.51. The monoisotopic (exact) mass is 313 g/mol. The van der Waals surface area contributed by atoms with Crippen molar-refractivity contribution in [2.75, 3.05) is 13.7 Å². The molecule has 2 aromatic heterocycles. The Balaban J connectivity index is 1.73. The molecule has 1 aromatic carbocycles. The zero-order valence-electron chi connectivity index (χ0n) is 13.4. The molecule has 0 atom stereocenters. The van der Waals surface area contributed by atoms with Crippen LogP contribution >= 0.6 is 0 Å². The van der Waals surface area contributed by atoms with E-state index in [-0.39, 0.29) is 5.91 Å². The van der Waals surface area contributed by atoms with Crippen molar-refractivity contribution >= 4 is 16.8 Å². The molecule has 1 N–H and O–H groups in total. The van der Waals surface area contributed by atoms with Crippen LogP contribution in [0.5, 0.6) is 5.75 Å². The molecule has 0 saturated carbocycles. The van der Waals surface area contributed by atoms with Crippen molar-refractivity contribution in [2.45, 2.75) is 6.42 Å². The van der Waals surface area contributed by atoms with E-state index >= 15 is 0 Å². The Hall–Kier alpha value is -2.83. The number of carbonyl (C=O) groups is 1. The van der Waals surface area contributed by atoms with Gasteiger partial charge >= 0.3 is 0 Å². The molecule has 3 aromatic rings. The Labute approximate surface area is 133 Å². The molecule has 7 nitrogen and oxygen atoms in total. The molecule has 3 rings (SSSR count). The highest BCUT2D eigenvalue weighted by Gasteiger charge is 2.13. The summed E-state index contributed by atoms with van der Waals surface area (Å²) in [5.41, 5.74) is 1.61. The van der Waals surface area contributed by atoms with Gasteiger partial charge < -0.3 is 14.6 Å². The van der Waals surface area contributed by atoms with Gasteiger partial charge in [-0.25, -0.2) is 4.98 Å². The number of fused-ring (bicyclic) bond motifs is 1. The van der Waals surface area contributed by atoms with Gasteiger partial charge in [0.05, 0.1) is 7.11 Å². The lowest BCUT2D eigenvalue weighted by molar-refractivity contribution is 0.0946. The van der Waals surface area contributed by atoms with Crippen molar-refractivity contribution < 1.29 is 9.53 Å². The molecule has 0 radical (unpaired) electrons. The Morgan fingerprint density at radius 2 is 2.13 bits per heavy atom. The van der Waals surface area contributed by atoms with E-state index in [9.17, 15) is 4.79 Å². The second kappa shape index (κ2) is 6.12. The zero-order valence-corrected chi connectivity index (χ0v) is 13.4. The maximum absolute atomic E-state index is 12.4. The van der Waals surface area contributed by atoms with Crippen LogP contribution in [0.1, 0.15) is 16.3 Å². The summed E-state index contributed by atoms with van der Waals surface area (Å²) in [5, 5.41) is 7.91. The minimum atomic E-state index is -0.107. The second-order valence-electron chi connectivity index (χ2n) is 5.32. The zero-order chi connectivity index (χ0) is 16.4. The molecule has 23 heavy (non-hydrogen) atoms. The van der Waals surface area contributed by atoms with Gasteiger partial charge in [-0.05, 0) is 24.3 Å². The van der Waals surface area contributed by atoms with Crippen molar-refractivity contribution in [3.8, 4) is 5.75 Å². The number of methoxy groups -OCH3 is 1. The molecule has 0 aliphatic heterocycles. The Kier molecular flexibility index (Phi) is 4.01. The van der Waals surface area contributed by atoms with Crippen LogP contribution in [-0.2, 0) is 20.5 Å². The van der Waals surface area contributed by atoms with Gasteiger partial charge in [-0.1, -0.05) is 0 Å². The van der Waals surface area contributed by atoms with Crippen LogP contribution in [0.25, 0.3) is 10.9 Å². The molecule has 0 bridgehead atoms. The number of nitrogens with zero attached hydrogens (tertiary/aromatic N) is 4. The van der Waals surface area contributed by atoms with E-state index in [0.29, 0.717) is 18.7 Å². The van der Waals surface area contributed by atoms with Gasteiger partial charge in [-0.3, -0.25) is 9.48 Å². The third-order valence-electron chi connectivity index (χ3n) is 3.92. The number of hydrogen-bond acceptors (Lipinski definition) is 4. The molecule has 120 valence electrons. The molecule has 0 fully saturated rings. The summed E-state index contributed by atoms with van der Waals surface area (Å²) in [6.45, 7) is 0.510. The van der Waals surface area contributed by atoms with Gasteiger partial charge in [-0.2, -0.15) is 5.10 Å². The summed E-state index contributed by atoms with van der Waals surface area (Å²) >= 11 is 0. The lowest BCUT2D eigenvalue weighted by Gasteiger charge is -2.06. The lowest BCUT2D eigenvalue weighted by Crippen LogP contribution is -2.28. The first-order valence-corrected chi connectivity index (χ1v) is 7.34. The number of hydrogen-bond donors (Lipinski definition) is 1. The summed E-state index contributed by atoms with van der Waals surface area (Å²) in [7, 11) is 5.35. The molecule has 0 saturated heterocycles. The number of amides is 1. The van der Waals surface area contributed by atoms with Gasteiger partial charge in [0, 0.05) is 38.0 Å². The molecule has 0 unspecified atom stereocenters. The van der Waals surface area contributed by atoms with E-state index in [0.717, 1.165) is 22.5 Å². The number of ether oxygens (including phenoxy) is 1. The van der Waals surface area contributed by atoms with Gasteiger partial charge in [0.2, 0.25) is 0 Å². The Bertz CT molecular complexity index is 849. The number of nitrogens with one attached hydrogen (secondary N) is 1. The predicted molar refractivity (Wildman–Crippen MR) is 86.5 cm³/mol. The van der Waals surface area contributed by atoms with Crippen molar-refractivity contribution in [3.05, 3.63) is 42.1 Å². The van der Waals surface area contributed by atoms with Crippen LogP contribution < -0.4 is 10.1 Å². The topological polar surface area (TPSA) is 74.0 Å². The van der Waals surface area contributed by atoms with E-state index < -0.39 is 0 Å². The minimum Gasteiger partial charge on any atom is -0.497 e. The number of rotatable bonds is 5. The maximum atomic E-state index is 12.4. The first-order valence-electron chi connectivity index (χ1n) is 7.34. The third-order valence-corrected chi connectivity index (χ3v) is 3.92. The Morgan fingerprint density at radius 1 is 1.30 bits per heavy atom. The average molecular weight is 313 g/mol. The SMILES string of the molecule is COc1ccc2c(c1)cc(C(=O)NCCc1ncnn1C)n2C. The standard InChI is InChI=1S/C16H19N5O2/c1-20-13-5-4-12(23-3)8-11(13)9-14(20)16(22)17-7-6-15-18-10-19-21(15)2/h4-5,8-10H,6-7H2,1-3H3,(H,17,22). The minimum absolute atomic E-state index is 0.107. The molecular weight excluding hydrogens is 294 g/mol. The number of aromatic nitrogens is 4. The fourth-order valence-corrected chi connectivity index (χ4v) is 2.60. The number of aryl methyl sites for hydroxylation is 2. The first-order chi connectivity index (χ1) is 11.1. The molecule has 2 heterocycles. The van der Waals surface area contributed by atoms with Crippen LogP contribution in [0, 0.1) is 0 Å². The molecule has 0 aliphatic rings. The predicted octanol–water partition coefficient (Wildman–Crippen LogP) is 1.29. The normalized spacial score (nSPS) is 10.9. The highest BCUT2D eigenvalue weighted by atomic mass is 16.5. The summed E-state index contributed by atoms with van der Waals surface area (Å²) in [4.78, 5) is 16.5. The maximum Gasteiger partial charge on any atom is 0.267 e. The highest BCUT2D eigenvalue weighted by Crippen LogP contribution is 2.23. The van der Waals surface area contributed by atoms with Crippen LogP contribution in [0.3, 0.4) is 0 Å².